The Kier molecular flexibility index (Phi) is 3.08. The Bertz CT molecular complexity index is 565. The molecule has 1 nitrogen and oxygen atoms in total. The van der Waals surface area contributed by atoms with Crippen molar-refractivity contribution in [2.45, 2.75) is 44.2 Å². The summed E-state index contributed by atoms with van der Waals surface area (Å²) >= 11 is 0. The van der Waals surface area contributed by atoms with E-state index in [1.165, 1.54) is 47.9 Å². The zero-order valence-corrected chi connectivity index (χ0v) is 11.8. The molecule has 0 atom stereocenters. The van der Waals surface area contributed by atoms with E-state index in [1.807, 2.05) is 0 Å². The molecular formula is C19H21N. The predicted octanol–water partition coefficient (Wildman–Crippen LogP) is 4.21. The van der Waals surface area contributed by atoms with Crippen molar-refractivity contribution in [1.29, 1.82) is 0 Å². The molecule has 0 amide bonds. The monoisotopic (exact) mass is 263 g/mol. The van der Waals surface area contributed by atoms with Gasteiger partial charge in [-0.1, -0.05) is 61.4 Å². The normalized spacial score (nSPS) is 18.8. The maximum absolute atomic E-state index is 3.93. The van der Waals surface area contributed by atoms with Gasteiger partial charge in [0.1, 0.15) is 0 Å². The third kappa shape index (κ3) is 2.06. The molecule has 0 aromatic heterocycles. The summed E-state index contributed by atoms with van der Waals surface area (Å²) < 4.78 is 0. The second-order valence-corrected chi connectivity index (χ2v) is 6.16. The van der Waals surface area contributed by atoms with E-state index in [0.29, 0.717) is 12.1 Å². The van der Waals surface area contributed by atoms with Gasteiger partial charge < -0.3 is 5.32 Å². The second kappa shape index (κ2) is 5.06. The third-order valence-electron chi connectivity index (χ3n) is 4.87. The van der Waals surface area contributed by atoms with Crippen molar-refractivity contribution < 1.29 is 0 Å². The summed E-state index contributed by atoms with van der Waals surface area (Å²) in [5, 5.41) is 3.93. The molecule has 2 aromatic carbocycles. The fourth-order valence-electron chi connectivity index (χ4n) is 3.83. The topological polar surface area (TPSA) is 12.0 Å². The first-order valence-corrected chi connectivity index (χ1v) is 7.83. The Morgan fingerprint density at radius 3 is 1.90 bits per heavy atom. The lowest BCUT2D eigenvalue weighted by molar-refractivity contribution is 0.472. The van der Waals surface area contributed by atoms with Gasteiger partial charge in [-0.25, -0.2) is 0 Å². The fourth-order valence-corrected chi connectivity index (χ4v) is 3.83. The highest BCUT2D eigenvalue weighted by molar-refractivity contribution is 5.48. The second-order valence-electron chi connectivity index (χ2n) is 6.16. The van der Waals surface area contributed by atoms with Crippen LogP contribution in [0.3, 0.4) is 0 Å². The van der Waals surface area contributed by atoms with E-state index in [4.69, 9.17) is 0 Å². The lowest BCUT2D eigenvalue weighted by Crippen LogP contribution is -2.34. The molecule has 2 aromatic rings. The van der Waals surface area contributed by atoms with E-state index in [1.54, 1.807) is 0 Å². The molecule has 0 bridgehead atoms. The van der Waals surface area contributed by atoms with Crippen molar-refractivity contribution >= 4 is 0 Å². The minimum atomic E-state index is 0.388. The van der Waals surface area contributed by atoms with Gasteiger partial charge in [0.15, 0.2) is 0 Å². The third-order valence-corrected chi connectivity index (χ3v) is 4.87. The smallest absolute Gasteiger partial charge is 0.0584 e. The number of hydrogen-bond donors (Lipinski definition) is 1. The number of rotatable bonds is 2. The molecule has 4 rings (SSSR count). The van der Waals surface area contributed by atoms with Crippen molar-refractivity contribution in [1.82, 2.24) is 5.32 Å². The van der Waals surface area contributed by atoms with Gasteiger partial charge in [-0.15, -0.1) is 0 Å². The van der Waals surface area contributed by atoms with Gasteiger partial charge in [0, 0.05) is 6.04 Å². The van der Waals surface area contributed by atoms with E-state index in [-0.39, 0.29) is 0 Å². The Hall–Kier alpha value is -1.60. The lowest BCUT2D eigenvalue weighted by atomic mass is 9.82. The molecule has 0 saturated heterocycles. The van der Waals surface area contributed by atoms with Gasteiger partial charge in [-0.3, -0.25) is 0 Å². The largest absolute Gasteiger partial charge is 0.303 e. The molecule has 2 aliphatic rings. The minimum absolute atomic E-state index is 0.388. The molecule has 102 valence electrons. The summed E-state index contributed by atoms with van der Waals surface area (Å²) in [6, 6.07) is 18.9. The summed E-state index contributed by atoms with van der Waals surface area (Å²) in [7, 11) is 0. The highest BCUT2D eigenvalue weighted by Crippen LogP contribution is 2.36. The Labute approximate surface area is 121 Å². The van der Waals surface area contributed by atoms with E-state index in [9.17, 15) is 0 Å². The van der Waals surface area contributed by atoms with Gasteiger partial charge in [-0.2, -0.15) is 0 Å². The zero-order chi connectivity index (χ0) is 13.4. The quantitative estimate of drug-likeness (QED) is 0.855. The number of benzene rings is 2. The SMILES string of the molecule is c1ccc2c(c1)Cc1ccccc1C2NC1CCCC1. The molecule has 0 radical (unpaired) electrons. The van der Waals surface area contributed by atoms with Crippen LogP contribution in [0.5, 0.6) is 0 Å². The molecular weight excluding hydrogens is 242 g/mol. The summed E-state index contributed by atoms with van der Waals surface area (Å²) in [6.45, 7) is 0. The Balaban J connectivity index is 1.75. The summed E-state index contributed by atoms with van der Waals surface area (Å²) in [4.78, 5) is 0. The molecule has 1 N–H and O–H groups in total. The van der Waals surface area contributed by atoms with Crippen LogP contribution >= 0.6 is 0 Å². The van der Waals surface area contributed by atoms with Crippen LogP contribution < -0.4 is 5.32 Å². The maximum Gasteiger partial charge on any atom is 0.0584 e. The van der Waals surface area contributed by atoms with Gasteiger partial charge >= 0.3 is 0 Å². The van der Waals surface area contributed by atoms with Gasteiger partial charge in [-0.05, 0) is 41.5 Å². The summed E-state index contributed by atoms with van der Waals surface area (Å²) in [5.41, 5.74) is 5.94. The van der Waals surface area contributed by atoms with E-state index >= 15 is 0 Å². The van der Waals surface area contributed by atoms with Crippen LogP contribution in [-0.4, -0.2) is 6.04 Å². The van der Waals surface area contributed by atoms with Crippen molar-refractivity contribution in [3.63, 3.8) is 0 Å². The average molecular weight is 263 g/mol. The number of nitrogens with one attached hydrogen (secondary N) is 1. The zero-order valence-electron chi connectivity index (χ0n) is 11.8. The summed E-state index contributed by atoms with van der Waals surface area (Å²) in [6.07, 6.45) is 6.51. The van der Waals surface area contributed by atoms with Crippen LogP contribution in [0.15, 0.2) is 48.5 Å². The molecule has 2 aliphatic carbocycles. The Morgan fingerprint density at radius 1 is 0.750 bits per heavy atom. The van der Waals surface area contributed by atoms with E-state index in [2.05, 4.69) is 53.8 Å². The molecule has 1 heteroatoms. The average Bonchev–Trinajstić information content (AvgIpc) is 3.00. The van der Waals surface area contributed by atoms with Gasteiger partial charge in [0.25, 0.3) is 0 Å². The molecule has 1 fully saturated rings. The standard InChI is InChI=1S/C19H21N/c1-5-11-17-14(7-1)13-15-8-2-6-12-18(15)19(17)20-16-9-3-4-10-16/h1-2,5-8,11-12,16,19-20H,3-4,9-10,13H2. The van der Waals surface area contributed by atoms with Gasteiger partial charge in [0.05, 0.1) is 6.04 Å². The van der Waals surface area contributed by atoms with Crippen LogP contribution in [0.25, 0.3) is 0 Å². The first-order chi connectivity index (χ1) is 9.92. The van der Waals surface area contributed by atoms with Crippen molar-refractivity contribution in [2.75, 3.05) is 0 Å². The molecule has 0 spiro atoms. The van der Waals surface area contributed by atoms with Crippen LogP contribution in [-0.2, 0) is 6.42 Å². The Morgan fingerprint density at radius 2 is 1.30 bits per heavy atom. The van der Waals surface area contributed by atoms with Crippen LogP contribution in [0.2, 0.25) is 0 Å². The van der Waals surface area contributed by atoms with Crippen molar-refractivity contribution in [3.05, 3.63) is 70.8 Å². The van der Waals surface area contributed by atoms with E-state index in [0.717, 1.165) is 6.42 Å². The molecule has 0 heterocycles. The summed E-state index contributed by atoms with van der Waals surface area (Å²) in [5.74, 6) is 0. The maximum atomic E-state index is 3.93. The fraction of sp³-hybridized carbons (Fsp3) is 0.368. The van der Waals surface area contributed by atoms with Crippen molar-refractivity contribution in [3.8, 4) is 0 Å². The lowest BCUT2D eigenvalue weighted by Gasteiger charge is -2.31. The van der Waals surface area contributed by atoms with Crippen LogP contribution in [0.1, 0.15) is 54.0 Å². The number of hydrogen-bond acceptors (Lipinski definition) is 1. The molecule has 0 unspecified atom stereocenters. The van der Waals surface area contributed by atoms with E-state index < -0.39 is 0 Å². The molecule has 0 aliphatic heterocycles. The first-order valence-electron chi connectivity index (χ1n) is 7.83. The molecule has 20 heavy (non-hydrogen) atoms. The highest BCUT2D eigenvalue weighted by atomic mass is 15.0. The van der Waals surface area contributed by atoms with Crippen molar-refractivity contribution in [2.24, 2.45) is 0 Å². The number of fused-ring (bicyclic) bond motifs is 2. The van der Waals surface area contributed by atoms with Crippen LogP contribution in [0.4, 0.5) is 0 Å². The van der Waals surface area contributed by atoms with Gasteiger partial charge in [0.2, 0.25) is 0 Å². The minimum Gasteiger partial charge on any atom is -0.303 e. The molecule has 1 saturated carbocycles. The van der Waals surface area contributed by atoms with Crippen LogP contribution in [0, 0.1) is 0 Å². The predicted molar refractivity (Wildman–Crippen MR) is 82.9 cm³/mol. The first kappa shape index (κ1) is 12.2. The highest BCUT2D eigenvalue weighted by Gasteiger charge is 2.27.